The highest BCUT2D eigenvalue weighted by atomic mass is 15.0. The van der Waals surface area contributed by atoms with Crippen molar-refractivity contribution in [1.29, 1.82) is 0 Å². The van der Waals surface area contributed by atoms with Gasteiger partial charge in [0.25, 0.3) is 0 Å². The molecule has 0 bridgehead atoms. The lowest BCUT2D eigenvalue weighted by Crippen LogP contribution is -1.96. The van der Waals surface area contributed by atoms with Crippen molar-refractivity contribution in [3.8, 4) is 22.5 Å². The van der Waals surface area contributed by atoms with E-state index in [9.17, 15) is 0 Å². The summed E-state index contributed by atoms with van der Waals surface area (Å²) in [7, 11) is 0. The van der Waals surface area contributed by atoms with Gasteiger partial charge in [0.1, 0.15) is 0 Å². The molecule has 2 aromatic heterocycles. The Morgan fingerprint density at radius 3 is 1.50 bits per heavy atom. The summed E-state index contributed by atoms with van der Waals surface area (Å²) < 4.78 is 4.81. The van der Waals surface area contributed by atoms with E-state index in [-0.39, 0.29) is 0 Å². The van der Waals surface area contributed by atoms with Crippen molar-refractivity contribution in [2.45, 2.75) is 0 Å². The molecule has 2 heterocycles. The first-order chi connectivity index (χ1) is 20.8. The third kappa shape index (κ3) is 3.39. The minimum atomic E-state index is 1.16. The van der Waals surface area contributed by atoms with Gasteiger partial charge in [0, 0.05) is 32.9 Å². The quantitative estimate of drug-likeness (QED) is 0.213. The van der Waals surface area contributed by atoms with Crippen LogP contribution in [0.15, 0.2) is 158 Å². The Balaban J connectivity index is 1.26. The number of hydrogen-bond donors (Lipinski definition) is 0. The van der Waals surface area contributed by atoms with Crippen LogP contribution < -0.4 is 0 Å². The molecule has 0 spiro atoms. The fraction of sp³-hybridized carbons (Fsp3) is 0. The van der Waals surface area contributed by atoms with Crippen molar-refractivity contribution >= 4 is 54.4 Å². The molecule has 0 N–H and O–H groups in total. The van der Waals surface area contributed by atoms with Gasteiger partial charge in [-0.2, -0.15) is 0 Å². The highest BCUT2D eigenvalue weighted by Crippen LogP contribution is 2.37. The maximum atomic E-state index is 2.41. The standard InChI is InChI=1S/C40H26N2/c1-2-11-28-24-30(21-20-27(28)10-1)29-12-9-13-31(25-29)41-39-19-8-5-16-35(39)36-26-32(22-23-40(36)41)42-37-17-6-3-14-33(37)34-15-4-7-18-38(34)42/h1-26H. The summed E-state index contributed by atoms with van der Waals surface area (Å²) in [6.07, 6.45) is 0. The maximum absolute atomic E-state index is 2.41. The van der Waals surface area contributed by atoms with Gasteiger partial charge in [-0.25, -0.2) is 0 Å². The van der Waals surface area contributed by atoms with Crippen molar-refractivity contribution in [3.63, 3.8) is 0 Å². The number of aromatic nitrogens is 2. The average molecular weight is 535 g/mol. The van der Waals surface area contributed by atoms with Crippen LogP contribution in [-0.2, 0) is 0 Å². The SMILES string of the molecule is c1cc(-c2ccc3ccccc3c2)cc(-n2c3ccccc3c3cc(-n4c5ccccc5c5ccccc54)ccc32)c1. The second kappa shape index (κ2) is 8.95. The van der Waals surface area contributed by atoms with E-state index in [1.807, 2.05) is 0 Å². The van der Waals surface area contributed by atoms with E-state index in [0.29, 0.717) is 0 Å². The summed E-state index contributed by atoms with van der Waals surface area (Å²) in [6, 6.07) is 57.3. The number of benzene rings is 7. The molecule has 9 rings (SSSR count). The van der Waals surface area contributed by atoms with Crippen LogP contribution in [-0.4, -0.2) is 9.13 Å². The van der Waals surface area contributed by atoms with Gasteiger partial charge < -0.3 is 9.13 Å². The lowest BCUT2D eigenvalue weighted by molar-refractivity contribution is 1.17. The smallest absolute Gasteiger partial charge is 0.0542 e. The van der Waals surface area contributed by atoms with Crippen molar-refractivity contribution in [2.75, 3.05) is 0 Å². The molecule has 0 aliphatic rings. The molecule has 196 valence electrons. The Morgan fingerprint density at radius 2 is 0.810 bits per heavy atom. The van der Waals surface area contributed by atoms with E-state index in [1.54, 1.807) is 0 Å². The first-order valence-corrected chi connectivity index (χ1v) is 14.4. The molecular weight excluding hydrogens is 508 g/mol. The van der Waals surface area contributed by atoms with Gasteiger partial charge in [-0.3, -0.25) is 0 Å². The second-order valence-corrected chi connectivity index (χ2v) is 11.0. The predicted octanol–water partition coefficient (Wildman–Crippen LogP) is 10.7. The molecule has 0 amide bonds. The third-order valence-electron chi connectivity index (χ3n) is 8.68. The number of fused-ring (bicyclic) bond motifs is 7. The van der Waals surface area contributed by atoms with Gasteiger partial charge in [-0.15, -0.1) is 0 Å². The number of para-hydroxylation sites is 3. The van der Waals surface area contributed by atoms with Crippen molar-refractivity contribution < 1.29 is 0 Å². The normalized spacial score (nSPS) is 11.8. The zero-order valence-corrected chi connectivity index (χ0v) is 22.9. The molecule has 2 heteroatoms. The van der Waals surface area contributed by atoms with Crippen LogP contribution in [0, 0.1) is 0 Å². The Bertz CT molecular complexity index is 2420. The third-order valence-corrected chi connectivity index (χ3v) is 8.68. The van der Waals surface area contributed by atoms with Crippen LogP contribution in [0.2, 0.25) is 0 Å². The molecule has 0 aliphatic carbocycles. The average Bonchev–Trinajstić information content (AvgIpc) is 3.57. The summed E-state index contributed by atoms with van der Waals surface area (Å²) in [5.74, 6) is 0. The summed E-state index contributed by atoms with van der Waals surface area (Å²) >= 11 is 0. The van der Waals surface area contributed by atoms with Crippen molar-refractivity contribution in [3.05, 3.63) is 158 Å². The monoisotopic (exact) mass is 534 g/mol. The van der Waals surface area contributed by atoms with Gasteiger partial charge in [-0.1, -0.05) is 103 Å². The maximum Gasteiger partial charge on any atom is 0.0542 e. The summed E-state index contributed by atoms with van der Waals surface area (Å²) in [4.78, 5) is 0. The van der Waals surface area contributed by atoms with Gasteiger partial charge in [0.2, 0.25) is 0 Å². The van der Waals surface area contributed by atoms with E-state index in [0.717, 1.165) is 5.69 Å². The molecule has 2 nitrogen and oxygen atoms in total. The van der Waals surface area contributed by atoms with Gasteiger partial charge >= 0.3 is 0 Å². The van der Waals surface area contributed by atoms with E-state index in [2.05, 4.69) is 167 Å². The number of nitrogens with zero attached hydrogens (tertiary/aromatic N) is 2. The Hall–Kier alpha value is -5.60. The van der Waals surface area contributed by atoms with Gasteiger partial charge in [0.05, 0.1) is 22.1 Å². The predicted molar refractivity (Wildman–Crippen MR) is 178 cm³/mol. The molecule has 0 atom stereocenters. The molecule has 42 heavy (non-hydrogen) atoms. The summed E-state index contributed by atoms with van der Waals surface area (Å²) in [6.45, 7) is 0. The molecular formula is C40H26N2. The van der Waals surface area contributed by atoms with Crippen molar-refractivity contribution in [1.82, 2.24) is 9.13 Å². The Labute approximate surface area is 243 Å². The molecule has 7 aromatic carbocycles. The molecule has 0 unspecified atom stereocenters. The van der Waals surface area contributed by atoms with Crippen LogP contribution in [0.3, 0.4) is 0 Å². The van der Waals surface area contributed by atoms with E-state index < -0.39 is 0 Å². The first-order valence-electron chi connectivity index (χ1n) is 14.4. The largest absolute Gasteiger partial charge is 0.309 e. The number of rotatable bonds is 3. The van der Waals surface area contributed by atoms with Crippen LogP contribution in [0.25, 0.3) is 76.9 Å². The molecule has 0 aliphatic heterocycles. The molecule has 0 saturated carbocycles. The highest BCUT2D eigenvalue weighted by molar-refractivity contribution is 6.12. The minimum absolute atomic E-state index is 1.16. The lowest BCUT2D eigenvalue weighted by Gasteiger charge is -2.12. The second-order valence-electron chi connectivity index (χ2n) is 11.0. The van der Waals surface area contributed by atoms with E-state index in [1.165, 1.54) is 71.2 Å². The molecule has 9 aromatic rings. The fourth-order valence-electron chi connectivity index (χ4n) is 6.77. The molecule has 0 radical (unpaired) electrons. The van der Waals surface area contributed by atoms with Crippen molar-refractivity contribution in [2.24, 2.45) is 0 Å². The van der Waals surface area contributed by atoms with E-state index in [4.69, 9.17) is 0 Å². The van der Waals surface area contributed by atoms with Crippen LogP contribution in [0.4, 0.5) is 0 Å². The zero-order valence-electron chi connectivity index (χ0n) is 22.9. The lowest BCUT2D eigenvalue weighted by atomic mass is 10.0. The van der Waals surface area contributed by atoms with Crippen LogP contribution in [0.5, 0.6) is 0 Å². The highest BCUT2D eigenvalue weighted by Gasteiger charge is 2.16. The minimum Gasteiger partial charge on any atom is -0.309 e. The van der Waals surface area contributed by atoms with Gasteiger partial charge in [-0.05, 0) is 76.5 Å². The summed E-state index contributed by atoms with van der Waals surface area (Å²) in [5.41, 5.74) is 9.65. The van der Waals surface area contributed by atoms with Gasteiger partial charge in [0.15, 0.2) is 0 Å². The molecule has 0 saturated heterocycles. The molecule has 0 fully saturated rings. The summed E-state index contributed by atoms with van der Waals surface area (Å²) in [5, 5.41) is 7.59. The van der Waals surface area contributed by atoms with E-state index >= 15 is 0 Å². The Kier molecular flexibility index (Phi) is 4.93. The topological polar surface area (TPSA) is 9.86 Å². The number of hydrogen-bond acceptors (Lipinski definition) is 0. The zero-order chi connectivity index (χ0) is 27.6. The van der Waals surface area contributed by atoms with Crippen LogP contribution >= 0.6 is 0 Å². The fourth-order valence-corrected chi connectivity index (χ4v) is 6.77. The van der Waals surface area contributed by atoms with Crippen LogP contribution in [0.1, 0.15) is 0 Å². The Morgan fingerprint density at radius 1 is 0.286 bits per heavy atom. The first kappa shape index (κ1) is 23.1.